The van der Waals surface area contributed by atoms with Crippen molar-refractivity contribution in [3.05, 3.63) is 39.1 Å². The fraction of sp³-hybridized carbons (Fsp3) is 0.400. The summed E-state index contributed by atoms with van der Waals surface area (Å²) in [6.45, 7) is 4.66. The molecule has 2 aromatic rings. The predicted octanol–water partition coefficient (Wildman–Crippen LogP) is 5.87. The van der Waals surface area contributed by atoms with E-state index in [4.69, 9.17) is 4.98 Å². The van der Waals surface area contributed by atoms with Crippen molar-refractivity contribution in [1.29, 1.82) is 0 Å². The molecule has 1 aromatic heterocycles. The van der Waals surface area contributed by atoms with E-state index in [1.165, 1.54) is 16.3 Å². The van der Waals surface area contributed by atoms with Gasteiger partial charge in [-0.2, -0.15) is 11.8 Å². The van der Waals surface area contributed by atoms with Crippen LogP contribution in [0, 0.1) is 0 Å². The van der Waals surface area contributed by atoms with E-state index in [0.717, 1.165) is 15.4 Å². The summed E-state index contributed by atoms with van der Waals surface area (Å²) in [5.41, 5.74) is 2.31. The molecule has 2 heterocycles. The Kier molecular flexibility index (Phi) is 4.80. The SMILES string of the molecule is CC1SCC(c2nc(-c3ccc(Br)cc3)cs2)SC1C. The zero-order valence-electron chi connectivity index (χ0n) is 11.4. The van der Waals surface area contributed by atoms with E-state index in [0.29, 0.717) is 10.5 Å². The van der Waals surface area contributed by atoms with Crippen molar-refractivity contribution in [2.45, 2.75) is 29.6 Å². The Morgan fingerprint density at radius 3 is 2.60 bits per heavy atom. The summed E-state index contributed by atoms with van der Waals surface area (Å²) in [6.07, 6.45) is 0. The highest BCUT2D eigenvalue weighted by Crippen LogP contribution is 2.45. The van der Waals surface area contributed by atoms with Crippen LogP contribution in [0.2, 0.25) is 0 Å². The fourth-order valence-electron chi connectivity index (χ4n) is 2.10. The van der Waals surface area contributed by atoms with Crippen molar-refractivity contribution in [3.63, 3.8) is 0 Å². The molecule has 0 aliphatic carbocycles. The molecule has 0 N–H and O–H groups in total. The summed E-state index contributed by atoms with van der Waals surface area (Å²) in [7, 11) is 0. The molecule has 1 saturated heterocycles. The molecule has 0 radical (unpaired) electrons. The topological polar surface area (TPSA) is 12.9 Å². The van der Waals surface area contributed by atoms with E-state index in [9.17, 15) is 0 Å². The summed E-state index contributed by atoms with van der Waals surface area (Å²) >= 11 is 9.43. The van der Waals surface area contributed by atoms with Gasteiger partial charge in [0.25, 0.3) is 0 Å². The minimum Gasteiger partial charge on any atom is -0.240 e. The van der Waals surface area contributed by atoms with Crippen molar-refractivity contribution in [2.75, 3.05) is 5.75 Å². The van der Waals surface area contributed by atoms with Crippen LogP contribution in [0.4, 0.5) is 0 Å². The molecule has 0 saturated carbocycles. The highest BCUT2D eigenvalue weighted by Gasteiger charge is 2.28. The van der Waals surface area contributed by atoms with Gasteiger partial charge in [0.05, 0.1) is 10.9 Å². The zero-order valence-corrected chi connectivity index (χ0v) is 15.4. The van der Waals surface area contributed by atoms with Gasteiger partial charge in [-0.15, -0.1) is 23.1 Å². The first-order chi connectivity index (χ1) is 9.63. The van der Waals surface area contributed by atoms with Crippen LogP contribution in [0.1, 0.15) is 24.1 Å². The molecule has 0 amide bonds. The van der Waals surface area contributed by atoms with Crippen LogP contribution < -0.4 is 0 Å². The molecule has 3 atom stereocenters. The standard InChI is InChI=1S/C15H16BrNS3/c1-9-10(2)20-14(8-18-9)15-17-13(7-19-15)11-3-5-12(16)6-4-11/h3-7,9-10,14H,8H2,1-2H3. The van der Waals surface area contributed by atoms with E-state index >= 15 is 0 Å². The van der Waals surface area contributed by atoms with Crippen molar-refractivity contribution < 1.29 is 0 Å². The smallest absolute Gasteiger partial charge is 0.107 e. The van der Waals surface area contributed by atoms with E-state index in [1.807, 2.05) is 0 Å². The average Bonchev–Trinajstić information content (AvgIpc) is 2.92. The molecule has 1 aliphatic heterocycles. The van der Waals surface area contributed by atoms with Gasteiger partial charge >= 0.3 is 0 Å². The van der Waals surface area contributed by atoms with Gasteiger partial charge in [0, 0.05) is 31.7 Å². The molecule has 106 valence electrons. The molecule has 0 spiro atoms. The van der Waals surface area contributed by atoms with Gasteiger partial charge in [-0.05, 0) is 12.1 Å². The molecule has 1 fully saturated rings. The third-order valence-corrected chi connectivity index (χ3v) is 8.52. The lowest BCUT2D eigenvalue weighted by molar-refractivity contribution is 0.891. The minimum absolute atomic E-state index is 0.556. The molecular weight excluding hydrogens is 370 g/mol. The van der Waals surface area contributed by atoms with Gasteiger partial charge in [0.1, 0.15) is 5.01 Å². The first-order valence-electron chi connectivity index (χ1n) is 6.62. The van der Waals surface area contributed by atoms with Gasteiger partial charge in [-0.1, -0.05) is 41.9 Å². The summed E-state index contributed by atoms with van der Waals surface area (Å²) < 4.78 is 1.11. The van der Waals surface area contributed by atoms with Gasteiger partial charge in [0.15, 0.2) is 0 Å². The van der Waals surface area contributed by atoms with Crippen molar-refractivity contribution in [1.82, 2.24) is 4.98 Å². The van der Waals surface area contributed by atoms with Crippen LogP contribution in [-0.2, 0) is 0 Å². The number of aromatic nitrogens is 1. The second kappa shape index (κ2) is 6.42. The first kappa shape index (κ1) is 14.9. The van der Waals surface area contributed by atoms with Gasteiger partial charge in [0.2, 0.25) is 0 Å². The summed E-state index contributed by atoms with van der Waals surface area (Å²) in [6, 6.07) is 8.39. The minimum atomic E-state index is 0.556. The maximum absolute atomic E-state index is 4.86. The first-order valence-corrected chi connectivity index (χ1v) is 10.3. The largest absolute Gasteiger partial charge is 0.240 e. The summed E-state index contributed by atoms with van der Waals surface area (Å²) in [5, 5.41) is 5.48. The van der Waals surface area contributed by atoms with Crippen LogP contribution in [0.3, 0.4) is 0 Å². The third-order valence-electron chi connectivity index (χ3n) is 3.49. The fourth-order valence-corrected chi connectivity index (χ4v) is 6.41. The number of thiazole rings is 1. The Hall–Kier alpha value is 0.0300. The lowest BCUT2D eigenvalue weighted by Gasteiger charge is -2.30. The Bertz CT molecular complexity index is 581. The number of thioether (sulfide) groups is 2. The second-order valence-electron chi connectivity index (χ2n) is 4.95. The van der Waals surface area contributed by atoms with Crippen LogP contribution in [0.5, 0.6) is 0 Å². The zero-order chi connectivity index (χ0) is 14.1. The lowest BCUT2D eigenvalue weighted by Crippen LogP contribution is -2.21. The van der Waals surface area contributed by atoms with E-state index in [2.05, 4.69) is 82.9 Å². The Morgan fingerprint density at radius 2 is 1.90 bits per heavy atom. The van der Waals surface area contributed by atoms with Crippen LogP contribution >= 0.6 is 50.8 Å². The molecule has 1 aromatic carbocycles. The highest BCUT2D eigenvalue weighted by atomic mass is 79.9. The molecule has 1 nitrogen and oxygen atoms in total. The highest BCUT2D eigenvalue weighted by molar-refractivity contribution is 9.10. The van der Waals surface area contributed by atoms with E-state index in [-0.39, 0.29) is 0 Å². The number of benzene rings is 1. The molecule has 3 unspecified atom stereocenters. The number of halogens is 1. The van der Waals surface area contributed by atoms with E-state index in [1.54, 1.807) is 11.3 Å². The van der Waals surface area contributed by atoms with Crippen molar-refractivity contribution in [3.8, 4) is 11.3 Å². The van der Waals surface area contributed by atoms with Crippen molar-refractivity contribution >= 4 is 50.8 Å². The lowest BCUT2D eigenvalue weighted by atomic mass is 10.2. The van der Waals surface area contributed by atoms with Crippen molar-refractivity contribution in [2.24, 2.45) is 0 Å². The number of rotatable bonds is 2. The van der Waals surface area contributed by atoms with E-state index < -0.39 is 0 Å². The number of hydrogen-bond acceptors (Lipinski definition) is 4. The maximum Gasteiger partial charge on any atom is 0.107 e. The molecule has 5 heteroatoms. The monoisotopic (exact) mass is 385 g/mol. The second-order valence-corrected chi connectivity index (χ2v) is 9.75. The number of hydrogen-bond donors (Lipinski definition) is 0. The maximum atomic E-state index is 4.86. The molecular formula is C15H16BrNS3. The number of nitrogens with zero attached hydrogens (tertiary/aromatic N) is 1. The molecule has 1 aliphatic rings. The Labute approximate surface area is 141 Å². The molecule has 0 bridgehead atoms. The van der Waals surface area contributed by atoms with Crippen LogP contribution in [0.25, 0.3) is 11.3 Å². The van der Waals surface area contributed by atoms with Gasteiger partial charge in [-0.3, -0.25) is 0 Å². The summed E-state index contributed by atoms with van der Waals surface area (Å²) in [5.74, 6) is 1.18. The quantitative estimate of drug-likeness (QED) is 0.641. The average molecular weight is 386 g/mol. The third kappa shape index (κ3) is 3.26. The van der Waals surface area contributed by atoms with Gasteiger partial charge in [-0.25, -0.2) is 4.98 Å². The summed E-state index contributed by atoms with van der Waals surface area (Å²) in [4.78, 5) is 4.86. The van der Waals surface area contributed by atoms with Crippen LogP contribution in [0.15, 0.2) is 34.1 Å². The molecule has 20 heavy (non-hydrogen) atoms. The predicted molar refractivity (Wildman–Crippen MR) is 97.0 cm³/mol. The Balaban J connectivity index is 1.78. The van der Waals surface area contributed by atoms with Crippen LogP contribution in [-0.4, -0.2) is 21.2 Å². The normalized spacial score (nSPS) is 26.6. The Morgan fingerprint density at radius 1 is 1.15 bits per heavy atom. The molecule has 3 rings (SSSR count). The van der Waals surface area contributed by atoms with Gasteiger partial charge < -0.3 is 0 Å².